The normalized spacial score (nSPS) is 9.46. The second kappa shape index (κ2) is 3.99. The van der Waals surface area contributed by atoms with Crippen LogP contribution in [0.3, 0.4) is 0 Å². The molecule has 0 saturated carbocycles. The maximum Gasteiger partial charge on any atom is 0.151 e. The highest BCUT2D eigenvalue weighted by atomic mass is 14.8. The van der Waals surface area contributed by atoms with Crippen molar-refractivity contribution in [2.75, 3.05) is 0 Å². The zero-order valence-electron chi connectivity index (χ0n) is 8.26. The van der Waals surface area contributed by atoms with Gasteiger partial charge in [0.1, 0.15) is 0 Å². The maximum atomic E-state index is 7.67. The number of aliphatic imine (C=N–C) groups is 1. The van der Waals surface area contributed by atoms with Gasteiger partial charge in [-0.25, -0.2) is 4.99 Å². The Labute approximate surface area is 78.8 Å². The molecular formula is C11H14N2. The van der Waals surface area contributed by atoms with Crippen LogP contribution in [0.1, 0.15) is 25.0 Å². The molecule has 0 aliphatic heterocycles. The van der Waals surface area contributed by atoms with Crippen LogP contribution in [0.15, 0.2) is 29.3 Å². The van der Waals surface area contributed by atoms with Gasteiger partial charge in [0.05, 0.1) is 0 Å². The molecule has 0 saturated heterocycles. The highest BCUT2D eigenvalue weighted by Gasteiger charge is 1.98. The quantitative estimate of drug-likeness (QED) is 0.502. The number of nitrogens with zero attached hydrogens (tertiary/aromatic N) is 1. The lowest BCUT2D eigenvalue weighted by atomic mass is 10.1. The summed E-state index contributed by atoms with van der Waals surface area (Å²) in [6, 6.07) is 7.83. The topological polar surface area (TPSA) is 36.2 Å². The second-order valence-corrected chi connectivity index (χ2v) is 3.28. The van der Waals surface area contributed by atoms with Crippen molar-refractivity contribution in [3.8, 4) is 0 Å². The number of amidine groups is 1. The van der Waals surface area contributed by atoms with E-state index in [1.54, 1.807) is 0 Å². The minimum Gasteiger partial charge on any atom is -0.282 e. The summed E-state index contributed by atoms with van der Waals surface area (Å²) in [4.78, 5) is 4.09. The predicted molar refractivity (Wildman–Crippen MR) is 56.8 cm³/mol. The molecule has 68 valence electrons. The molecule has 0 amide bonds. The molecule has 0 aliphatic rings. The number of hydrogen-bond acceptors (Lipinski definition) is 1. The summed E-state index contributed by atoms with van der Waals surface area (Å²) in [5, 5.41) is 7.67. The molecule has 1 aromatic carbocycles. The Hall–Kier alpha value is -1.44. The van der Waals surface area contributed by atoms with E-state index in [-0.39, 0.29) is 0 Å². The summed E-state index contributed by atoms with van der Waals surface area (Å²) in [5.41, 5.74) is 2.94. The van der Waals surface area contributed by atoms with Crippen LogP contribution in [-0.2, 0) is 0 Å². The van der Waals surface area contributed by atoms with Crippen LogP contribution in [0.2, 0.25) is 0 Å². The Morgan fingerprint density at radius 2 is 2.00 bits per heavy atom. The van der Waals surface area contributed by atoms with Crippen LogP contribution in [0.4, 0.5) is 0 Å². The Balaban J connectivity index is 2.96. The lowest BCUT2D eigenvalue weighted by molar-refractivity contribution is 1.38. The zero-order chi connectivity index (χ0) is 9.84. The molecule has 0 fully saturated rings. The molecule has 2 nitrogen and oxygen atoms in total. The first-order valence-electron chi connectivity index (χ1n) is 4.27. The molecular weight excluding hydrogens is 160 g/mol. The number of benzene rings is 1. The van der Waals surface area contributed by atoms with Gasteiger partial charge in [-0.15, -0.1) is 0 Å². The van der Waals surface area contributed by atoms with Gasteiger partial charge in [-0.2, -0.15) is 0 Å². The smallest absolute Gasteiger partial charge is 0.151 e. The molecule has 0 heterocycles. The van der Waals surface area contributed by atoms with Gasteiger partial charge in [0.2, 0.25) is 0 Å². The van der Waals surface area contributed by atoms with Crippen LogP contribution < -0.4 is 0 Å². The molecule has 0 atom stereocenters. The van der Waals surface area contributed by atoms with Crippen LogP contribution >= 0.6 is 0 Å². The molecule has 2 heteroatoms. The number of nitrogens with one attached hydrogen (secondary N) is 1. The summed E-state index contributed by atoms with van der Waals surface area (Å²) < 4.78 is 0. The first-order chi connectivity index (χ1) is 6.09. The summed E-state index contributed by atoms with van der Waals surface area (Å²) in [6.45, 7) is 5.80. The molecule has 0 aromatic heterocycles. The Morgan fingerprint density at radius 1 is 1.31 bits per heavy atom. The van der Waals surface area contributed by atoms with Gasteiger partial charge in [0.15, 0.2) is 5.84 Å². The fourth-order valence-electron chi connectivity index (χ4n) is 1.08. The highest BCUT2D eigenvalue weighted by molar-refractivity contribution is 6.04. The van der Waals surface area contributed by atoms with E-state index in [0.717, 1.165) is 16.8 Å². The summed E-state index contributed by atoms with van der Waals surface area (Å²) in [6.07, 6.45) is 0. The number of rotatable bonds is 1. The molecule has 0 aliphatic carbocycles. The van der Waals surface area contributed by atoms with E-state index in [9.17, 15) is 0 Å². The van der Waals surface area contributed by atoms with Crippen LogP contribution in [0.25, 0.3) is 0 Å². The predicted octanol–water partition coefficient (Wildman–Crippen LogP) is 2.80. The summed E-state index contributed by atoms with van der Waals surface area (Å²) in [5.74, 6) is 0.337. The van der Waals surface area contributed by atoms with Crippen molar-refractivity contribution in [2.45, 2.75) is 20.8 Å². The zero-order valence-corrected chi connectivity index (χ0v) is 8.26. The van der Waals surface area contributed by atoms with Crippen LogP contribution in [0, 0.1) is 12.3 Å². The van der Waals surface area contributed by atoms with Crippen LogP contribution in [0.5, 0.6) is 0 Å². The summed E-state index contributed by atoms with van der Waals surface area (Å²) >= 11 is 0. The third-order valence-electron chi connectivity index (χ3n) is 1.63. The third kappa shape index (κ3) is 2.82. The van der Waals surface area contributed by atoms with E-state index < -0.39 is 0 Å². The molecule has 0 unspecified atom stereocenters. The van der Waals surface area contributed by atoms with Gasteiger partial charge in [-0.3, -0.25) is 5.41 Å². The maximum absolute atomic E-state index is 7.67. The number of hydrogen-bond donors (Lipinski definition) is 1. The minimum absolute atomic E-state index is 0.337. The summed E-state index contributed by atoms with van der Waals surface area (Å²) in [7, 11) is 0. The average Bonchev–Trinajstić information content (AvgIpc) is 2.03. The SMILES string of the molecule is CC(C)=NC(=N)c1cccc(C)c1. The van der Waals surface area contributed by atoms with Gasteiger partial charge in [0, 0.05) is 11.3 Å². The molecule has 0 radical (unpaired) electrons. The van der Waals surface area contributed by atoms with E-state index in [1.165, 1.54) is 0 Å². The van der Waals surface area contributed by atoms with Gasteiger partial charge < -0.3 is 0 Å². The van der Waals surface area contributed by atoms with Crippen molar-refractivity contribution < 1.29 is 0 Å². The van der Waals surface area contributed by atoms with E-state index in [2.05, 4.69) is 4.99 Å². The average molecular weight is 174 g/mol. The lowest BCUT2D eigenvalue weighted by Gasteiger charge is -2.00. The van der Waals surface area contributed by atoms with Gasteiger partial charge in [-0.1, -0.05) is 23.8 Å². The van der Waals surface area contributed by atoms with E-state index in [1.807, 2.05) is 45.0 Å². The van der Waals surface area contributed by atoms with Gasteiger partial charge >= 0.3 is 0 Å². The Bertz CT molecular complexity index is 347. The molecule has 0 bridgehead atoms. The number of aryl methyl sites for hydroxylation is 1. The fraction of sp³-hybridized carbons (Fsp3) is 0.273. The van der Waals surface area contributed by atoms with Gasteiger partial charge in [-0.05, 0) is 26.8 Å². The standard InChI is InChI=1S/C11H14N2/c1-8(2)13-11(12)10-6-4-5-9(3)7-10/h4-7,12H,1-3H3. The minimum atomic E-state index is 0.337. The van der Waals surface area contributed by atoms with Gasteiger partial charge in [0.25, 0.3) is 0 Å². The van der Waals surface area contributed by atoms with Crippen molar-refractivity contribution in [1.29, 1.82) is 5.41 Å². The second-order valence-electron chi connectivity index (χ2n) is 3.28. The molecule has 1 N–H and O–H groups in total. The largest absolute Gasteiger partial charge is 0.282 e. The highest BCUT2D eigenvalue weighted by Crippen LogP contribution is 2.05. The van der Waals surface area contributed by atoms with Crippen LogP contribution in [-0.4, -0.2) is 11.5 Å². The van der Waals surface area contributed by atoms with E-state index >= 15 is 0 Å². The molecule has 13 heavy (non-hydrogen) atoms. The van der Waals surface area contributed by atoms with Crippen molar-refractivity contribution >= 4 is 11.5 Å². The molecule has 0 spiro atoms. The third-order valence-corrected chi connectivity index (χ3v) is 1.63. The van der Waals surface area contributed by atoms with Crippen molar-refractivity contribution in [2.24, 2.45) is 4.99 Å². The lowest BCUT2D eigenvalue weighted by Crippen LogP contribution is -1.97. The van der Waals surface area contributed by atoms with Crippen molar-refractivity contribution in [3.05, 3.63) is 35.4 Å². The van der Waals surface area contributed by atoms with Crippen molar-refractivity contribution in [3.63, 3.8) is 0 Å². The van der Waals surface area contributed by atoms with Crippen molar-refractivity contribution in [1.82, 2.24) is 0 Å². The molecule has 1 aromatic rings. The Morgan fingerprint density at radius 3 is 2.54 bits per heavy atom. The molecule has 1 rings (SSSR count). The first-order valence-corrected chi connectivity index (χ1v) is 4.27. The fourth-order valence-corrected chi connectivity index (χ4v) is 1.08. The van der Waals surface area contributed by atoms with E-state index in [4.69, 9.17) is 5.41 Å². The van der Waals surface area contributed by atoms with E-state index in [0.29, 0.717) is 5.84 Å². The monoisotopic (exact) mass is 174 g/mol. The first kappa shape index (κ1) is 9.65. The Kier molecular flexibility index (Phi) is 2.96.